The Balaban J connectivity index is 1.56. The molecule has 0 atom stereocenters. The van der Waals surface area contributed by atoms with Gasteiger partial charge in [0, 0.05) is 16.1 Å². The van der Waals surface area contributed by atoms with Crippen LogP contribution in [0.1, 0.15) is 18.2 Å². The summed E-state index contributed by atoms with van der Waals surface area (Å²) in [6.07, 6.45) is 1.67. The molecule has 2 heterocycles. The SMILES string of the molecule is CCOc1ccc(N2C(=O)/C(=C/c3ccc(-c4ccc(Br)c(C)c4)o3)NC2=S)cc1. The molecular weight excluding hydrogens is 464 g/mol. The smallest absolute Gasteiger partial charge is 0.281 e. The molecule has 1 aromatic heterocycles. The maximum atomic E-state index is 12.9. The van der Waals surface area contributed by atoms with Gasteiger partial charge in [-0.2, -0.15) is 0 Å². The first-order valence-electron chi connectivity index (χ1n) is 9.42. The maximum absolute atomic E-state index is 12.9. The zero-order valence-corrected chi connectivity index (χ0v) is 18.8. The fourth-order valence-corrected chi connectivity index (χ4v) is 3.70. The number of halogens is 1. The number of hydrogen-bond acceptors (Lipinski definition) is 4. The zero-order valence-electron chi connectivity index (χ0n) is 16.4. The van der Waals surface area contributed by atoms with Crippen LogP contribution in [-0.2, 0) is 4.79 Å². The molecule has 4 rings (SSSR count). The molecule has 30 heavy (non-hydrogen) atoms. The molecule has 152 valence electrons. The highest BCUT2D eigenvalue weighted by molar-refractivity contribution is 9.10. The van der Waals surface area contributed by atoms with E-state index in [1.165, 1.54) is 4.90 Å². The summed E-state index contributed by atoms with van der Waals surface area (Å²) < 4.78 is 12.4. The van der Waals surface area contributed by atoms with Gasteiger partial charge in [-0.3, -0.25) is 9.69 Å². The van der Waals surface area contributed by atoms with Gasteiger partial charge in [0.05, 0.1) is 12.3 Å². The van der Waals surface area contributed by atoms with Crippen LogP contribution in [-0.4, -0.2) is 17.6 Å². The lowest BCUT2D eigenvalue weighted by Gasteiger charge is -2.14. The van der Waals surface area contributed by atoms with Gasteiger partial charge in [0.1, 0.15) is 23.0 Å². The molecule has 1 amide bonds. The molecule has 5 nitrogen and oxygen atoms in total. The number of anilines is 1. The number of furan rings is 1. The van der Waals surface area contributed by atoms with Crippen molar-refractivity contribution in [3.05, 3.63) is 76.1 Å². The Morgan fingerprint density at radius 1 is 1.17 bits per heavy atom. The van der Waals surface area contributed by atoms with Gasteiger partial charge in [-0.1, -0.05) is 22.0 Å². The second kappa shape index (κ2) is 8.45. The van der Waals surface area contributed by atoms with Crippen molar-refractivity contribution in [3.63, 3.8) is 0 Å². The second-order valence-electron chi connectivity index (χ2n) is 6.72. The summed E-state index contributed by atoms with van der Waals surface area (Å²) in [6, 6.07) is 17.0. The third-order valence-corrected chi connectivity index (χ3v) is 5.81. The Labute approximate surface area is 188 Å². The first-order chi connectivity index (χ1) is 14.5. The van der Waals surface area contributed by atoms with Gasteiger partial charge in [-0.25, -0.2) is 0 Å². The standard InChI is InChI=1S/C23H19BrN2O3S/c1-3-28-17-7-5-16(6-8-17)26-22(27)20(25-23(26)30)13-18-9-11-21(29-18)15-4-10-19(24)14(2)12-15/h4-13H,3H2,1-2H3,(H,25,30)/b20-13-. The Hall–Kier alpha value is -2.90. The number of carbonyl (C=O) groups excluding carboxylic acids is 1. The lowest BCUT2D eigenvalue weighted by Crippen LogP contribution is -2.30. The summed E-state index contributed by atoms with van der Waals surface area (Å²) in [6.45, 7) is 4.53. The number of hydrogen-bond donors (Lipinski definition) is 1. The van der Waals surface area contributed by atoms with E-state index < -0.39 is 0 Å². The Kier molecular flexibility index (Phi) is 5.74. The molecule has 1 fully saturated rings. The highest BCUT2D eigenvalue weighted by Crippen LogP contribution is 2.29. The fourth-order valence-electron chi connectivity index (χ4n) is 3.15. The molecule has 1 saturated heterocycles. The lowest BCUT2D eigenvalue weighted by molar-refractivity contribution is -0.113. The molecule has 0 spiro atoms. The Bertz CT molecular complexity index is 1150. The summed E-state index contributed by atoms with van der Waals surface area (Å²) in [7, 11) is 0. The first-order valence-corrected chi connectivity index (χ1v) is 10.6. The quantitative estimate of drug-likeness (QED) is 0.374. The van der Waals surface area contributed by atoms with E-state index in [-0.39, 0.29) is 5.91 Å². The van der Waals surface area contributed by atoms with Gasteiger partial charge >= 0.3 is 0 Å². The summed E-state index contributed by atoms with van der Waals surface area (Å²) in [5.74, 6) is 1.81. The van der Waals surface area contributed by atoms with Crippen molar-refractivity contribution in [2.45, 2.75) is 13.8 Å². The van der Waals surface area contributed by atoms with E-state index in [9.17, 15) is 4.79 Å². The van der Waals surface area contributed by atoms with E-state index >= 15 is 0 Å². The van der Waals surface area contributed by atoms with Crippen LogP contribution in [0.5, 0.6) is 5.75 Å². The molecule has 7 heteroatoms. The van der Waals surface area contributed by atoms with Crippen LogP contribution in [0.15, 0.2) is 69.2 Å². The third-order valence-electron chi connectivity index (χ3n) is 4.64. The molecule has 1 N–H and O–H groups in total. The molecule has 2 aromatic carbocycles. The van der Waals surface area contributed by atoms with Gasteiger partial charge in [-0.15, -0.1) is 0 Å². The average Bonchev–Trinajstić information content (AvgIpc) is 3.30. The Morgan fingerprint density at radius 2 is 1.93 bits per heavy atom. The largest absolute Gasteiger partial charge is 0.494 e. The van der Waals surface area contributed by atoms with Gasteiger partial charge in [0.25, 0.3) is 5.91 Å². The number of amides is 1. The van der Waals surface area contributed by atoms with Crippen LogP contribution < -0.4 is 15.0 Å². The van der Waals surface area contributed by atoms with Crippen molar-refractivity contribution in [2.24, 2.45) is 0 Å². The number of thiocarbonyl (C=S) groups is 1. The number of nitrogens with one attached hydrogen (secondary N) is 1. The van der Waals surface area contributed by atoms with E-state index in [2.05, 4.69) is 21.2 Å². The number of ether oxygens (including phenoxy) is 1. The van der Waals surface area contributed by atoms with Crippen molar-refractivity contribution in [2.75, 3.05) is 11.5 Å². The van der Waals surface area contributed by atoms with Crippen LogP contribution in [0.25, 0.3) is 17.4 Å². The van der Waals surface area contributed by atoms with Crippen LogP contribution in [0.3, 0.4) is 0 Å². The van der Waals surface area contributed by atoms with Gasteiger partial charge < -0.3 is 14.5 Å². The summed E-state index contributed by atoms with van der Waals surface area (Å²) >= 11 is 8.88. The van der Waals surface area contributed by atoms with Crippen LogP contribution in [0, 0.1) is 6.92 Å². The highest BCUT2D eigenvalue weighted by Gasteiger charge is 2.32. The van der Waals surface area contributed by atoms with Crippen LogP contribution >= 0.6 is 28.1 Å². The molecule has 0 radical (unpaired) electrons. The van der Waals surface area contributed by atoms with Gasteiger partial charge in [0.2, 0.25) is 0 Å². The lowest BCUT2D eigenvalue weighted by atomic mass is 10.1. The third kappa shape index (κ3) is 4.04. The van der Waals surface area contributed by atoms with E-state index in [1.807, 2.05) is 56.3 Å². The number of rotatable bonds is 5. The average molecular weight is 483 g/mol. The summed E-state index contributed by atoms with van der Waals surface area (Å²) in [4.78, 5) is 14.4. The van der Waals surface area contributed by atoms with Crippen molar-refractivity contribution in [1.29, 1.82) is 0 Å². The normalized spacial score (nSPS) is 15.0. The van der Waals surface area contributed by atoms with E-state index in [4.69, 9.17) is 21.4 Å². The van der Waals surface area contributed by atoms with E-state index in [0.717, 1.165) is 27.1 Å². The van der Waals surface area contributed by atoms with Gasteiger partial charge in [0.15, 0.2) is 5.11 Å². The monoisotopic (exact) mass is 482 g/mol. The van der Waals surface area contributed by atoms with Crippen molar-refractivity contribution >= 4 is 50.9 Å². The molecule has 1 aliphatic rings. The fraction of sp³-hybridized carbons (Fsp3) is 0.130. The molecule has 1 aliphatic heterocycles. The van der Waals surface area contributed by atoms with E-state index in [1.54, 1.807) is 18.2 Å². The predicted molar refractivity (Wildman–Crippen MR) is 125 cm³/mol. The van der Waals surface area contributed by atoms with Crippen LogP contribution in [0.4, 0.5) is 5.69 Å². The topological polar surface area (TPSA) is 54.7 Å². The molecule has 0 aliphatic carbocycles. The molecule has 0 bridgehead atoms. The highest BCUT2D eigenvalue weighted by atomic mass is 79.9. The summed E-state index contributed by atoms with van der Waals surface area (Å²) in [5, 5.41) is 3.30. The van der Waals surface area contributed by atoms with Crippen molar-refractivity contribution in [3.8, 4) is 17.1 Å². The molecule has 0 unspecified atom stereocenters. The van der Waals surface area contributed by atoms with Crippen molar-refractivity contribution in [1.82, 2.24) is 5.32 Å². The molecular formula is C23H19BrN2O3S. The molecule has 0 saturated carbocycles. The number of nitrogens with zero attached hydrogens (tertiary/aromatic N) is 1. The second-order valence-corrected chi connectivity index (χ2v) is 7.96. The van der Waals surface area contributed by atoms with E-state index in [0.29, 0.717) is 28.9 Å². The predicted octanol–water partition coefficient (Wildman–Crippen LogP) is 5.68. The number of aryl methyl sites for hydroxylation is 1. The zero-order chi connectivity index (χ0) is 21.3. The minimum Gasteiger partial charge on any atom is -0.494 e. The first kappa shape index (κ1) is 20.4. The van der Waals surface area contributed by atoms with Crippen molar-refractivity contribution < 1.29 is 13.9 Å². The number of carbonyl (C=O) groups is 1. The molecule has 3 aromatic rings. The van der Waals surface area contributed by atoms with Gasteiger partial charge in [-0.05, 0) is 80.2 Å². The minimum atomic E-state index is -0.235. The number of benzene rings is 2. The Morgan fingerprint density at radius 3 is 2.63 bits per heavy atom. The summed E-state index contributed by atoms with van der Waals surface area (Å²) in [5.41, 5.74) is 3.13. The maximum Gasteiger partial charge on any atom is 0.281 e. The van der Waals surface area contributed by atoms with Crippen LogP contribution in [0.2, 0.25) is 0 Å². The minimum absolute atomic E-state index is 0.235.